The monoisotopic (exact) mass is 1070 g/mol. The van der Waals surface area contributed by atoms with Crippen LogP contribution in [0.4, 0.5) is 0 Å². The van der Waals surface area contributed by atoms with Crippen molar-refractivity contribution in [1.29, 1.82) is 0 Å². The minimum absolute atomic E-state index is 0.0170. The molecule has 8 atom stereocenters. The van der Waals surface area contributed by atoms with Crippen LogP contribution in [0.5, 0.6) is 5.75 Å². The molecule has 0 aliphatic carbocycles. The Morgan fingerprint density at radius 2 is 1.13 bits per heavy atom. The van der Waals surface area contributed by atoms with Crippen LogP contribution in [0.15, 0.2) is 59.7 Å². The molecule has 3 rings (SSSR count). The van der Waals surface area contributed by atoms with E-state index in [-0.39, 0.29) is 63.2 Å². The highest BCUT2D eigenvalue weighted by Crippen LogP contribution is 2.20. The van der Waals surface area contributed by atoms with E-state index in [4.69, 9.17) is 22.9 Å². The van der Waals surface area contributed by atoms with Gasteiger partial charge in [0.15, 0.2) is 5.96 Å². The average molecular weight is 1070 g/mol. The number of aromatic amines is 1. The number of benzene rings is 2. The number of nitrogens with zero attached hydrogens (tertiary/aromatic N) is 1. The van der Waals surface area contributed by atoms with E-state index in [0.29, 0.717) is 16.9 Å². The number of carbonyl (C=O) groups is 10. The third kappa shape index (κ3) is 20.8. The first-order chi connectivity index (χ1) is 35.6. The average Bonchev–Trinajstić information content (AvgIpc) is 3.77. The number of amides is 8. The van der Waals surface area contributed by atoms with Crippen molar-refractivity contribution in [3.63, 3.8) is 0 Å². The van der Waals surface area contributed by atoms with Crippen molar-refractivity contribution in [1.82, 2.24) is 42.2 Å². The maximum Gasteiger partial charge on any atom is 0.326 e. The number of rotatable bonds is 33. The van der Waals surface area contributed by atoms with Crippen LogP contribution in [0.3, 0.4) is 0 Å². The SMILES string of the molecule is CSCC[C@H](NC(=O)[C@H](CO)NC(=O)[C@H](CCCN=C(N)N)NC(=O)[C@H](CC(=O)O)NC(=O)[C@H](Cc1ccc(O)cc1)NC(=O)[C@H](CO)NC(=O)[C@@H](N)CCC(N)=O)C(=O)N[C@@H](Cc1c[nH]c2ccccc12)C(=O)O. The van der Waals surface area contributed by atoms with Crippen LogP contribution >= 0.6 is 11.8 Å². The molecule has 3 aromatic rings. The van der Waals surface area contributed by atoms with Crippen molar-refractivity contribution < 1.29 is 73.5 Å². The molecular formula is C46H65N13O15S. The molecule has 1 aromatic heterocycles. The van der Waals surface area contributed by atoms with Crippen LogP contribution < -0.4 is 60.2 Å². The number of thioether (sulfide) groups is 1. The molecule has 0 saturated carbocycles. The Kier molecular flexibility index (Phi) is 25.2. The quantitative estimate of drug-likeness (QED) is 0.0154. The van der Waals surface area contributed by atoms with Crippen LogP contribution in [-0.4, -0.2) is 176 Å². The van der Waals surface area contributed by atoms with Crippen molar-refractivity contribution in [2.24, 2.45) is 27.9 Å². The fourth-order valence-electron chi connectivity index (χ4n) is 7.19. The van der Waals surface area contributed by atoms with Gasteiger partial charge in [-0.25, -0.2) is 4.79 Å². The standard InChI is InChI=1S/C46H65N13O15S/c1-75-16-14-30(40(68)57-33(45(73)74)18-24-20-52-28-6-3-2-5-26(24)28)54-43(71)35(22-61)59-39(67)29(7-4-15-51-46(49)50)53-42(70)32(19-37(64)65)56-41(69)31(17-23-8-10-25(62)11-9-23)55-44(72)34(21-60)58-38(66)27(47)12-13-36(48)63/h2-3,5-6,8-11,20,27,29-35,52,60-62H,4,7,12-19,21-22,47H2,1H3,(H2,48,63)(H,53,70)(H,54,71)(H,55,72)(H,56,69)(H,57,68)(H,58,66)(H,59,67)(H,64,65)(H,73,74)(H4,49,50,51)/t27-,29-,30-,31-,32-,33-,34-,35-/m0/s1. The number of aliphatic hydroxyl groups excluding tert-OH is 2. The number of primary amides is 1. The summed E-state index contributed by atoms with van der Waals surface area (Å²) in [6, 6.07) is -0.604. The highest BCUT2D eigenvalue weighted by atomic mass is 32.2. The zero-order valence-electron chi connectivity index (χ0n) is 40.8. The second kappa shape index (κ2) is 30.9. The number of aliphatic imine (C=N–C) groups is 1. The van der Waals surface area contributed by atoms with E-state index in [2.05, 4.69) is 47.2 Å². The lowest BCUT2D eigenvalue weighted by Crippen LogP contribution is -2.61. The van der Waals surface area contributed by atoms with E-state index in [1.54, 1.807) is 36.7 Å². The molecule has 2 aromatic carbocycles. The van der Waals surface area contributed by atoms with E-state index in [1.165, 1.54) is 36.0 Å². The molecule has 0 aliphatic rings. The predicted octanol–water partition coefficient (Wildman–Crippen LogP) is -5.00. The number of carboxylic acid groups (broad SMARTS) is 2. The number of aliphatic hydroxyl groups is 2. The number of hydrogen-bond donors (Lipinski definition) is 17. The Bertz CT molecular complexity index is 2510. The smallest absolute Gasteiger partial charge is 0.326 e. The van der Waals surface area contributed by atoms with Gasteiger partial charge >= 0.3 is 11.9 Å². The number of guanidine groups is 1. The number of nitrogens with two attached hydrogens (primary N) is 4. The fourth-order valence-corrected chi connectivity index (χ4v) is 7.66. The second-order valence-corrected chi connectivity index (χ2v) is 18.0. The number of nitrogens with one attached hydrogen (secondary N) is 8. The molecule has 21 N–H and O–H groups in total. The van der Waals surface area contributed by atoms with E-state index in [1.807, 2.05) is 0 Å². The van der Waals surface area contributed by atoms with Gasteiger partial charge in [-0.1, -0.05) is 30.3 Å². The lowest BCUT2D eigenvalue weighted by Gasteiger charge is -2.27. The first kappa shape index (κ1) is 61.3. The molecule has 0 aliphatic heterocycles. The van der Waals surface area contributed by atoms with Crippen molar-refractivity contribution in [3.8, 4) is 5.75 Å². The van der Waals surface area contributed by atoms with Gasteiger partial charge in [-0.05, 0) is 67.0 Å². The van der Waals surface area contributed by atoms with Crippen LogP contribution in [0, 0.1) is 0 Å². The Labute approximate surface area is 433 Å². The second-order valence-electron chi connectivity index (χ2n) is 17.0. The Morgan fingerprint density at radius 1 is 0.627 bits per heavy atom. The number of hydrogen-bond acceptors (Lipinski definition) is 16. The van der Waals surface area contributed by atoms with Gasteiger partial charge in [-0.15, -0.1) is 0 Å². The molecule has 1 heterocycles. The van der Waals surface area contributed by atoms with Crippen LogP contribution in [0.2, 0.25) is 0 Å². The summed E-state index contributed by atoms with van der Waals surface area (Å²) >= 11 is 1.31. The highest BCUT2D eigenvalue weighted by molar-refractivity contribution is 7.98. The van der Waals surface area contributed by atoms with Gasteiger partial charge in [0.1, 0.15) is 48.0 Å². The topological polar surface area (TPSA) is 488 Å². The molecular weight excluding hydrogens is 1010 g/mol. The maximum absolute atomic E-state index is 14.0. The molecule has 29 heteroatoms. The molecule has 0 bridgehead atoms. The van der Waals surface area contributed by atoms with Crippen molar-refractivity contribution in [3.05, 3.63) is 65.9 Å². The molecule has 0 saturated heterocycles. The largest absolute Gasteiger partial charge is 0.508 e. The Morgan fingerprint density at radius 3 is 1.69 bits per heavy atom. The number of H-pyrrole nitrogens is 1. The summed E-state index contributed by atoms with van der Waals surface area (Å²) in [7, 11) is 0. The van der Waals surface area contributed by atoms with Gasteiger partial charge in [0.2, 0.25) is 47.3 Å². The minimum Gasteiger partial charge on any atom is -0.508 e. The number of aromatic nitrogens is 1. The molecule has 0 unspecified atom stereocenters. The van der Waals surface area contributed by atoms with Gasteiger partial charge in [0, 0.05) is 42.9 Å². The number of fused-ring (bicyclic) bond motifs is 1. The normalized spacial score (nSPS) is 14.2. The van der Waals surface area contributed by atoms with Gasteiger partial charge in [0.25, 0.3) is 0 Å². The van der Waals surface area contributed by atoms with Gasteiger partial charge in [-0.2, -0.15) is 11.8 Å². The summed E-state index contributed by atoms with van der Waals surface area (Å²) in [5, 5.41) is 67.0. The zero-order chi connectivity index (χ0) is 55.8. The summed E-state index contributed by atoms with van der Waals surface area (Å²) in [5.41, 5.74) is 23.4. The number of phenolic OH excluding ortho intramolecular Hbond substituents is 1. The Balaban J connectivity index is 1.85. The number of phenols is 1. The van der Waals surface area contributed by atoms with Gasteiger partial charge in [0.05, 0.1) is 25.7 Å². The number of carbonyl (C=O) groups excluding carboxylic acids is 8. The van der Waals surface area contributed by atoms with E-state index in [9.17, 15) is 73.5 Å². The number of carboxylic acids is 2. The predicted molar refractivity (Wildman–Crippen MR) is 271 cm³/mol. The third-order valence-electron chi connectivity index (χ3n) is 11.2. The lowest BCUT2D eigenvalue weighted by molar-refractivity contribution is -0.142. The number of aromatic hydroxyl groups is 1. The molecule has 0 spiro atoms. The highest BCUT2D eigenvalue weighted by Gasteiger charge is 2.35. The van der Waals surface area contributed by atoms with Crippen LogP contribution in [-0.2, 0) is 60.8 Å². The minimum atomic E-state index is -1.99. The van der Waals surface area contributed by atoms with Crippen LogP contribution in [0.1, 0.15) is 49.7 Å². The van der Waals surface area contributed by atoms with Crippen LogP contribution in [0.25, 0.3) is 10.9 Å². The molecule has 0 radical (unpaired) electrons. The third-order valence-corrected chi connectivity index (χ3v) is 11.9. The van der Waals surface area contributed by atoms with Crippen molar-refractivity contribution >= 4 is 87.8 Å². The van der Waals surface area contributed by atoms with Crippen molar-refractivity contribution in [2.75, 3.05) is 31.8 Å². The zero-order valence-corrected chi connectivity index (χ0v) is 41.6. The summed E-state index contributed by atoms with van der Waals surface area (Å²) in [6.07, 6.45) is 0.901. The number of aliphatic carboxylic acids is 2. The molecule has 0 fully saturated rings. The Hall–Kier alpha value is -8.02. The van der Waals surface area contributed by atoms with Crippen molar-refractivity contribution in [2.45, 2.75) is 99.7 Å². The summed E-state index contributed by atoms with van der Waals surface area (Å²) < 4.78 is 0. The maximum atomic E-state index is 14.0. The molecule has 28 nitrogen and oxygen atoms in total. The number of para-hydroxylation sites is 1. The fraction of sp³-hybridized carbons (Fsp3) is 0.457. The van der Waals surface area contributed by atoms with E-state index < -0.39 is 127 Å². The first-order valence-electron chi connectivity index (χ1n) is 23.3. The first-order valence-corrected chi connectivity index (χ1v) is 24.7. The summed E-state index contributed by atoms with van der Waals surface area (Å²) in [6.45, 7) is -2.17. The van der Waals surface area contributed by atoms with Gasteiger partial charge < -0.3 is 90.7 Å². The van der Waals surface area contributed by atoms with Gasteiger partial charge in [-0.3, -0.25) is 48.1 Å². The lowest BCUT2D eigenvalue weighted by atomic mass is 10.0. The molecule has 8 amide bonds. The summed E-state index contributed by atoms with van der Waals surface area (Å²) in [5.74, 6) is -11.6. The van der Waals surface area contributed by atoms with E-state index >= 15 is 0 Å². The summed E-state index contributed by atoms with van der Waals surface area (Å²) in [4.78, 5) is 138. The molecule has 410 valence electrons. The van der Waals surface area contributed by atoms with E-state index in [0.717, 1.165) is 10.9 Å². The molecule has 75 heavy (non-hydrogen) atoms.